The van der Waals surface area contributed by atoms with Crippen LogP contribution < -0.4 is 5.32 Å². The van der Waals surface area contributed by atoms with Gasteiger partial charge in [0.2, 0.25) is 11.8 Å². The van der Waals surface area contributed by atoms with Crippen LogP contribution in [-0.4, -0.2) is 28.8 Å². The number of nitrogens with one attached hydrogen (secondary N) is 1. The highest BCUT2D eigenvalue weighted by atomic mass is 32.2. The van der Waals surface area contributed by atoms with E-state index in [1.807, 2.05) is 18.8 Å². The van der Waals surface area contributed by atoms with Crippen LogP contribution in [0.4, 0.5) is 0 Å². The van der Waals surface area contributed by atoms with Crippen LogP contribution in [0.1, 0.15) is 44.0 Å². The van der Waals surface area contributed by atoms with Crippen molar-refractivity contribution in [1.29, 1.82) is 0 Å². The molecule has 1 aliphatic heterocycles. The van der Waals surface area contributed by atoms with Gasteiger partial charge < -0.3 is 9.73 Å². The Kier molecular flexibility index (Phi) is 4.86. The molecule has 1 fully saturated rings. The quantitative estimate of drug-likeness (QED) is 0.875. The largest absolute Gasteiger partial charge is 0.424 e. The summed E-state index contributed by atoms with van der Waals surface area (Å²) in [5, 5.41) is 11.5. The summed E-state index contributed by atoms with van der Waals surface area (Å²) in [5.74, 6) is 4.83. The van der Waals surface area contributed by atoms with Crippen molar-refractivity contribution in [2.24, 2.45) is 5.92 Å². The van der Waals surface area contributed by atoms with E-state index >= 15 is 0 Å². The minimum atomic E-state index is 0.193. The topological polar surface area (TPSA) is 51.0 Å². The molecule has 17 heavy (non-hydrogen) atoms. The van der Waals surface area contributed by atoms with Gasteiger partial charge in [-0.2, -0.15) is 11.8 Å². The Balaban J connectivity index is 1.93. The molecule has 4 nitrogen and oxygen atoms in total. The maximum Gasteiger partial charge on any atom is 0.233 e. The van der Waals surface area contributed by atoms with E-state index < -0.39 is 0 Å². The Labute approximate surface area is 107 Å². The molecule has 1 aliphatic rings. The van der Waals surface area contributed by atoms with Gasteiger partial charge in [0.25, 0.3) is 0 Å². The fraction of sp³-hybridized carbons (Fsp3) is 0.833. The second-order valence-electron chi connectivity index (χ2n) is 4.54. The first-order valence-electron chi connectivity index (χ1n) is 6.40. The lowest BCUT2D eigenvalue weighted by molar-refractivity contribution is 0.359. The Bertz CT molecular complexity index is 332. The first-order chi connectivity index (χ1) is 8.33. The van der Waals surface area contributed by atoms with E-state index in [4.69, 9.17) is 4.42 Å². The number of hydrogen-bond acceptors (Lipinski definition) is 5. The van der Waals surface area contributed by atoms with Crippen molar-refractivity contribution >= 4 is 11.8 Å². The van der Waals surface area contributed by atoms with E-state index in [1.54, 1.807) is 0 Å². The zero-order valence-corrected chi connectivity index (χ0v) is 11.4. The average molecular weight is 255 g/mol. The van der Waals surface area contributed by atoms with Gasteiger partial charge in [0.1, 0.15) is 0 Å². The Morgan fingerprint density at radius 1 is 1.41 bits per heavy atom. The van der Waals surface area contributed by atoms with Gasteiger partial charge in [-0.1, -0.05) is 6.92 Å². The van der Waals surface area contributed by atoms with Crippen LogP contribution >= 0.6 is 11.8 Å². The van der Waals surface area contributed by atoms with E-state index in [1.165, 1.54) is 24.3 Å². The molecule has 0 spiro atoms. The molecule has 2 heterocycles. The molecule has 0 saturated carbocycles. The van der Waals surface area contributed by atoms with Crippen molar-refractivity contribution in [1.82, 2.24) is 15.5 Å². The third-order valence-electron chi connectivity index (χ3n) is 3.34. The van der Waals surface area contributed by atoms with E-state index in [9.17, 15) is 0 Å². The minimum absolute atomic E-state index is 0.193. The summed E-state index contributed by atoms with van der Waals surface area (Å²) in [5.41, 5.74) is 0. The Morgan fingerprint density at radius 3 is 2.82 bits per heavy atom. The third kappa shape index (κ3) is 3.45. The molecule has 1 atom stereocenters. The second kappa shape index (κ2) is 6.40. The van der Waals surface area contributed by atoms with E-state index in [0.717, 1.165) is 30.5 Å². The first-order valence-corrected chi connectivity index (χ1v) is 7.56. The molecular formula is C12H21N3OS. The summed E-state index contributed by atoms with van der Waals surface area (Å²) in [6.07, 6.45) is 4.49. The van der Waals surface area contributed by atoms with Crippen LogP contribution in [0.15, 0.2) is 4.42 Å². The van der Waals surface area contributed by atoms with Crippen molar-refractivity contribution in [2.75, 3.05) is 18.6 Å². The fourth-order valence-electron chi connectivity index (χ4n) is 2.19. The number of rotatable bonds is 5. The fourth-order valence-corrected chi connectivity index (χ4v) is 3.39. The standard InChI is InChI=1S/C12H21N3OS/c1-3-10(13-2)12-15-14-11(16-12)8-9-4-6-17-7-5-9/h9-10,13H,3-8H2,1-2H3. The summed E-state index contributed by atoms with van der Waals surface area (Å²) in [4.78, 5) is 0. The van der Waals surface area contributed by atoms with Crippen LogP contribution in [0.25, 0.3) is 0 Å². The smallest absolute Gasteiger partial charge is 0.233 e. The van der Waals surface area contributed by atoms with Crippen molar-refractivity contribution in [3.8, 4) is 0 Å². The van der Waals surface area contributed by atoms with Crippen molar-refractivity contribution in [3.05, 3.63) is 11.8 Å². The van der Waals surface area contributed by atoms with Crippen LogP contribution in [0.5, 0.6) is 0 Å². The molecule has 0 amide bonds. The van der Waals surface area contributed by atoms with Gasteiger partial charge in [-0.05, 0) is 43.7 Å². The lowest BCUT2D eigenvalue weighted by Gasteiger charge is -2.19. The highest BCUT2D eigenvalue weighted by Crippen LogP contribution is 2.26. The number of aromatic nitrogens is 2. The minimum Gasteiger partial charge on any atom is -0.424 e. The van der Waals surface area contributed by atoms with Gasteiger partial charge in [0.05, 0.1) is 6.04 Å². The number of hydrogen-bond donors (Lipinski definition) is 1. The van der Waals surface area contributed by atoms with Crippen molar-refractivity contribution in [3.63, 3.8) is 0 Å². The molecule has 5 heteroatoms. The van der Waals surface area contributed by atoms with Crippen molar-refractivity contribution in [2.45, 2.75) is 38.6 Å². The SMILES string of the molecule is CCC(NC)c1nnc(CC2CCSCC2)o1. The summed E-state index contributed by atoms with van der Waals surface area (Å²) < 4.78 is 5.74. The molecule has 1 saturated heterocycles. The number of nitrogens with zero attached hydrogens (tertiary/aromatic N) is 2. The Morgan fingerprint density at radius 2 is 2.18 bits per heavy atom. The molecule has 1 aromatic rings. The van der Waals surface area contributed by atoms with Crippen LogP contribution in [0, 0.1) is 5.92 Å². The lowest BCUT2D eigenvalue weighted by atomic mass is 9.99. The van der Waals surface area contributed by atoms with E-state index in [2.05, 4.69) is 22.4 Å². The lowest BCUT2D eigenvalue weighted by Crippen LogP contribution is -2.15. The van der Waals surface area contributed by atoms with E-state index in [0.29, 0.717) is 0 Å². The first kappa shape index (κ1) is 12.9. The van der Waals surface area contributed by atoms with Crippen LogP contribution in [0.2, 0.25) is 0 Å². The van der Waals surface area contributed by atoms with Crippen LogP contribution in [-0.2, 0) is 6.42 Å². The molecule has 1 aromatic heterocycles. The molecule has 1 unspecified atom stereocenters. The predicted octanol–water partition coefficient (Wildman–Crippen LogP) is 2.43. The molecule has 0 bridgehead atoms. The maximum absolute atomic E-state index is 5.74. The summed E-state index contributed by atoms with van der Waals surface area (Å²) in [6, 6.07) is 0.193. The highest BCUT2D eigenvalue weighted by Gasteiger charge is 2.19. The van der Waals surface area contributed by atoms with Gasteiger partial charge in [-0.15, -0.1) is 10.2 Å². The summed E-state index contributed by atoms with van der Waals surface area (Å²) >= 11 is 2.05. The maximum atomic E-state index is 5.74. The highest BCUT2D eigenvalue weighted by molar-refractivity contribution is 7.99. The molecule has 1 N–H and O–H groups in total. The van der Waals surface area contributed by atoms with Crippen molar-refractivity contribution < 1.29 is 4.42 Å². The molecule has 2 rings (SSSR count). The van der Waals surface area contributed by atoms with Crippen LogP contribution in [0.3, 0.4) is 0 Å². The predicted molar refractivity (Wildman–Crippen MR) is 70.1 cm³/mol. The third-order valence-corrected chi connectivity index (χ3v) is 4.39. The summed E-state index contributed by atoms with van der Waals surface area (Å²) in [6.45, 7) is 2.11. The molecule has 0 radical (unpaired) electrons. The zero-order valence-electron chi connectivity index (χ0n) is 10.6. The summed E-state index contributed by atoms with van der Waals surface area (Å²) in [7, 11) is 1.93. The van der Waals surface area contributed by atoms with Gasteiger partial charge in [0, 0.05) is 6.42 Å². The molecule has 0 aromatic carbocycles. The second-order valence-corrected chi connectivity index (χ2v) is 5.77. The normalized spacial score (nSPS) is 19.4. The molecule has 0 aliphatic carbocycles. The monoisotopic (exact) mass is 255 g/mol. The van der Waals surface area contributed by atoms with Gasteiger partial charge in [0.15, 0.2) is 0 Å². The molecule has 96 valence electrons. The zero-order chi connectivity index (χ0) is 12.1. The van der Waals surface area contributed by atoms with E-state index in [-0.39, 0.29) is 6.04 Å². The number of thioether (sulfide) groups is 1. The van der Waals surface area contributed by atoms with Gasteiger partial charge >= 0.3 is 0 Å². The van der Waals surface area contributed by atoms with Gasteiger partial charge in [-0.3, -0.25) is 0 Å². The average Bonchev–Trinajstić information content (AvgIpc) is 2.81. The Hall–Kier alpha value is -0.550. The van der Waals surface area contributed by atoms with Gasteiger partial charge in [-0.25, -0.2) is 0 Å². The molecular weight excluding hydrogens is 234 g/mol.